The van der Waals surface area contributed by atoms with Gasteiger partial charge in [-0.2, -0.15) is 0 Å². The molecule has 36 heavy (non-hydrogen) atoms. The number of phenolic OH excluding ortho intramolecular Hbond substituents is 1. The van der Waals surface area contributed by atoms with Crippen molar-refractivity contribution in [2.75, 3.05) is 13.1 Å². The Labute approximate surface area is 214 Å². The molecule has 4 atom stereocenters. The maximum absolute atomic E-state index is 11.0. The number of ether oxygens (including phenoxy) is 1. The van der Waals surface area contributed by atoms with Gasteiger partial charge in [-0.3, -0.25) is 9.69 Å². The maximum atomic E-state index is 11.0. The number of hydrogen-bond acceptors (Lipinski definition) is 5. The van der Waals surface area contributed by atoms with Crippen molar-refractivity contribution < 1.29 is 24.9 Å². The van der Waals surface area contributed by atoms with Crippen LogP contribution in [-0.2, 0) is 16.1 Å². The van der Waals surface area contributed by atoms with Crippen LogP contribution in [0.2, 0.25) is 0 Å². The van der Waals surface area contributed by atoms with E-state index in [9.17, 15) is 15.0 Å². The van der Waals surface area contributed by atoms with E-state index in [0.717, 1.165) is 42.6 Å². The van der Waals surface area contributed by atoms with Gasteiger partial charge in [0.2, 0.25) is 0 Å². The summed E-state index contributed by atoms with van der Waals surface area (Å²) in [6.07, 6.45) is 10.4. The Kier molecular flexibility index (Phi) is 9.56. The monoisotopic (exact) mass is 493 g/mol. The Morgan fingerprint density at radius 1 is 0.944 bits per heavy atom. The number of likely N-dealkylation sites (tertiary alicyclic amines) is 1. The summed E-state index contributed by atoms with van der Waals surface area (Å²) < 4.78 is 6.44. The summed E-state index contributed by atoms with van der Waals surface area (Å²) in [5, 5.41) is 29.4. The molecule has 6 heteroatoms. The van der Waals surface area contributed by atoms with Crippen molar-refractivity contribution in [3.63, 3.8) is 0 Å². The first-order valence-corrected chi connectivity index (χ1v) is 13.3. The summed E-state index contributed by atoms with van der Waals surface area (Å²) in [6, 6.07) is 15.6. The lowest BCUT2D eigenvalue weighted by Gasteiger charge is -2.38. The normalized spacial score (nSPS) is 24.9. The second-order valence-corrected chi connectivity index (χ2v) is 10.1. The topological polar surface area (TPSA) is 90.2 Å². The molecule has 0 bridgehead atoms. The van der Waals surface area contributed by atoms with Gasteiger partial charge in [0.1, 0.15) is 5.75 Å². The molecule has 0 unspecified atom stereocenters. The van der Waals surface area contributed by atoms with E-state index < -0.39 is 5.97 Å². The van der Waals surface area contributed by atoms with Crippen LogP contribution in [0.1, 0.15) is 56.9 Å². The molecule has 1 saturated carbocycles. The Morgan fingerprint density at radius 2 is 1.58 bits per heavy atom. The highest BCUT2D eigenvalue weighted by Crippen LogP contribution is 2.38. The molecule has 2 aromatic carbocycles. The highest BCUT2D eigenvalue weighted by Gasteiger charge is 2.45. The summed E-state index contributed by atoms with van der Waals surface area (Å²) in [6.45, 7) is 2.58. The molecule has 3 N–H and O–H groups in total. The number of carbonyl (C=O) groups is 1. The third-order valence-corrected chi connectivity index (χ3v) is 7.57. The van der Waals surface area contributed by atoms with E-state index in [1.165, 1.54) is 19.3 Å². The Morgan fingerprint density at radius 3 is 2.25 bits per heavy atom. The molecule has 1 heterocycles. The van der Waals surface area contributed by atoms with Gasteiger partial charge in [0.05, 0.1) is 18.8 Å². The number of benzene rings is 2. The number of aliphatic carboxylic acids is 1. The second kappa shape index (κ2) is 13.0. The third kappa shape index (κ3) is 7.19. The van der Waals surface area contributed by atoms with Gasteiger partial charge in [-0.05, 0) is 74.0 Å². The van der Waals surface area contributed by atoms with E-state index in [2.05, 4.69) is 35.2 Å². The fourth-order valence-corrected chi connectivity index (χ4v) is 5.72. The molecule has 0 aromatic heterocycles. The molecule has 1 aliphatic carbocycles. The van der Waals surface area contributed by atoms with Gasteiger partial charge in [0.25, 0.3) is 0 Å². The predicted molar refractivity (Wildman–Crippen MR) is 141 cm³/mol. The SMILES string of the molecule is O=C(O)CCC=CCC[C@@H]1[C@@H](N2CCCCC2)[C@@H](O)C[C@@H]1OCc1ccc(-c2ccc(O)cc2)cc1. The molecular formula is C30H39NO5. The van der Waals surface area contributed by atoms with Crippen molar-refractivity contribution in [1.82, 2.24) is 4.90 Å². The first kappa shape index (κ1) is 26.4. The summed E-state index contributed by atoms with van der Waals surface area (Å²) in [7, 11) is 0. The van der Waals surface area contributed by atoms with E-state index in [1.807, 2.05) is 18.2 Å². The Balaban J connectivity index is 1.38. The second-order valence-electron chi connectivity index (χ2n) is 10.1. The maximum Gasteiger partial charge on any atom is 0.303 e. The molecule has 0 radical (unpaired) electrons. The molecule has 2 aromatic rings. The van der Waals surface area contributed by atoms with Gasteiger partial charge in [-0.15, -0.1) is 0 Å². The van der Waals surface area contributed by atoms with Crippen LogP contribution in [0.25, 0.3) is 11.1 Å². The van der Waals surface area contributed by atoms with Crippen molar-refractivity contribution >= 4 is 5.97 Å². The lowest BCUT2D eigenvalue weighted by atomic mass is 9.92. The number of hydrogen-bond donors (Lipinski definition) is 3. The largest absolute Gasteiger partial charge is 0.508 e. The number of piperidine rings is 1. The number of aliphatic hydroxyl groups is 1. The molecule has 0 amide bonds. The summed E-state index contributed by atoms with van der Waals surface area (Å²) in [5.74, 6) is -0.262. The summed E-state index contributed by atoms with van der Waals surface area (Å²) in [5.41, 5.74) is 3.24. The molecule has 1 aliphatic heterocycles. The van der Waals surface area contributed by atoms with E-state index in [0.29, 0.717) is 19.4 Å². The zero-order chi connectivity index (χ0) is 25.3. The standard InChI is InChI=1S/C30H39NO5/c32-25-16-14-24(15-17-25)23-12-10-22(11-13-23)21-36-28-20-27(33)30(31-18-6-3-7-19-31)26(28)8-4-1-2-5-9-29(34)35/h1-2,10-17,26-28,30,32-33H,3-9,18-21H2,(H,34,35)/t26-,27-,28-,30+/m0/s1. The number of nitrogens with zero attached hydrogens (tertiary/aromatic N) is 1. The molecular weight excluding hydrogens is 454 g/mol. The minimum atomic E-state index is -0.770. The minimum absolute atomic E-state index is 0.00359. The Hall–Kier alpha value is -2.67. The zero-order valence-corrected chi connectivity index (χ0v) is 21.0. The molecule has 4 rings (SSSR count). The van der Waals surface area contributed by atoms with Gasteiger partial charge < -0.3 is 20.1 Å². The van der Waals surface area contributed by atoms with Crippen LogP contribution >= 0.6 is 0 Å². The van der Waals surface area contributed by atoms with Gasteiger partial charge >= 0.3 is 5.97 Å². The fraction of sp³-hybridized carbons (Fsp3) is 0.500. The van der Waals surface area contributed by atoms with Crippen LogP contribution < -0.4 is 0 Å². The number of carboxylic acids is 1. The van der Waals surface area contributed by atoms with E-state index >= 15 is 0 Å². The predicted octanol–water partition coefficient (Wildman–Crippen LogP) is 5.38. The summed E-state index contributed by atoms with van der Waals surface area (Å²) >= 11 is 0. The van der Waals surface area contributed by atoms with E-state index in [4.69, 9.17) is 9.84 Å². The third-order valence-electron chi connectivity index (χ3n) is 7.57. The highest BCUT2D eigenvalue weighted by molar-refractivity contribution is 5.66. The zero-order valence-electron chi connectivity index (χ0n) is 21.0. The van der Waals surface area contributed by atoms with E-state index in [1.54, 1.807) is 12.1 Å². The quantitative estimate of drug-likeness (QED) is 0.364. The van der Waals surface area contributed by atoms with Gasteiger partial charge in [0.15, 0.2) is 0 Å². The molecule has 2 aliphatic rings. The van der Waals surface area contributed by atoms with Crippen molar-refractivity contribution in [3.8, 4) is 16.9 Å². The molecule has 194 valence electrons. The fourth-order valence-electron chi connectivity index (χ4n) is 5.72. The smallest absolute Gasteiger partial charge is 0.303 e. The number of carboxylic acid groups (broad SMARTS) is 1. The van der Waals surface area contributed by atoms with Crippen LogP contribution in [-0.4, -0.2) is 57.5 Å². The minimum Gasteiger partial charge on any atom is -0.508 e. The number of aliphatic hydroxyl groups excluding tert-OH is 1. The van der Waals surface area contributed by atoms with Crippen LogP contribution in [0.3, 0.4) is 0 Å². The molecule has 6 nitrogen and oxygen atoms in total. The van der Waals surface area contributed by atoms with Gasteiger partial charge in [-0.25, -0.2) is 0 Å². The van der Waals surface area contributed by atoms with Crippen molar-refractivity contribution in [1.29, 1.82) is 0 Å². The van der Waals surface area contributed by atoms with Crippen LogP contribution in [0.15, 0.2) is 60.7 Å². The lowest BCUT2D eigenvalue weighted by molar-refractivity contribution is -0.136. The molecule has 1 saturated heterocycles. The Bertz CT molecular complexity index is 981. The van der Waals surface area contributed by atoms with Gasteiger partial charge in [0, 0.05) is 24.8 Å². The molecule has 2 fully saturated rings. The lowest BCUT2D eigenvalue weighted by Crippen LogP contribution is -2.47. The number of rotatable bonds is 11. The van der Waals surface area contributed by atoms with Crippen LogP contribution in [0.5, 0.6) is 5.75 Å². The van der Waals surface area contributed by atoms with Crippen LogP contribution in [0, 0.1) is 5.92 Å². The highest BCUT2D eigenvalue weighted by atomic mass is 16.5. The summed E-state index contributed by atoms with van der Waals surface area (Å²) in [4.78, 5) is 13.2. The van der Waals surface area contributed by atoms with Crippen molar-refractivity contribution in [2.24, 2.45) is 5.92 Å². The number of aromatic hydroxyl groups is 1. The first-order valence-electron chi connectivity index (χ1n) is 13.3. The average Bonchev–Trinajstić information content (AvgIpc) is 3.20. The number of phenols is 1. The van der Waals surface area contributed by atoms with Crippen LogP contribution in [0.4, 0.5) is 0 Å². The molecule has 0 spiro atoms. The van der Waals surface area contributed by atoms with Crippen molar-refractivity contribution in [2.45, 2.75) is 76.2 Å². The average molecular weight is 494 g/mol. The first-order chi connectivity index (χ1) is 17.5. The number of allylic oxidation sites excluding steroid dienone is 2. The van der Waals surface area contributed by atoms with E-state index in [-0.39, 0.29) is 36.3 Å². The van der Waals surface area contributed by atoms with Crippen molar-refractivity contribution in [3.05, 3.63) is 66.2 Å². The van der Waals surface area contributed by atoms with Gasteiger partial charge in [-0.1, -0.05) is 55.0 Å².